The van der Waals surface area contributed by atoms with Crippen LogP contribution in [-0.4, -0.2) is 53.1 Å². The van der Waals surface area contributed by atoms with Crippen LogP contribution in [0, 0.1) is 6.92 Å². The molecule has 0 fully saturated rings. The number of aryl methyl sites for hydroxylation is 1. The van der Waals surface area contributed by atoms with Crippen molar-refractivity contribution in [3.63, 3.8) is 0 Å². The Morgan fingerprint density at radius 1 is 1.25 bits per heavy atom. The van der Waals surface area contributed by atoms with Crippen molar-refractivity contribution in [1.82, 2.24) is 14.9 Å². The molecule has 1 heterocycles. The standard InChI is InChI=1S/C20H22N4O3S/c1-13-7-8-16-17(9-13)23-20(22-16)28-12-19(26)24(2)11-18(25)21-14-5-4-6-15(10-14)27-3/h4-10H,11-12H2,1-3H3,(H,21,25)(H,22,23). The van der Waals surface area contributed by atoms with Gasteiger partial charge in [0.25, 0.3) is 0 Å². The maximum atomic E-state index is 12.3. The van der Waals surface area contributed by atoms with Crippen molar-refractivity contribution in [3.8, 4) is 5.75 Å². The van der Waals surface area contributed by atoms with E-state index in [2.05, 4.69) is 15.3 Å². The molecule has 0 unspecified atom stereocenters. The van der Waals surface area contributed by atoms with Crippen molar-refractivity contribution in [2.45, 2.75) is 12.1 Å². The van der Waals surface area contributed by atoms with E-state index in [9.17, 15) is 9.59 Å². The van der Waals surface area contributed by atoms with Gasteiger partial charge in [0.2, 0.25) is 11.8 Å². The average molecular weight is 398 g/mol. The van der Waals surface area contributed by atoms with E-state index in [-0.39, 0.29) is 24.1 Å². The highest BCUT2D eigenvalue weighted by Gasteiger charge is 2.15. The summed E-state index contributed by atoms with van der Waals surface area (Å²) in [6.07, 6.45) is 0. The molecule has 0 atom stereocenters. The number of imidazole rings is 1. The Morgan fingerprint density at radius 2 is 2.07 bits per heavy atom. The summed E-state index contributed by atoms with van der Waals surface area (Å²) >= 11 is 1.32. The summed E-state index contributed by atoms with van der Waals surface area (Å²) in [5, 5.41) is 3.44. The topological polar surface area (TPSA) is 87.3 Å². The fourth-order valence-corrected chi connectivity index (χ4v) is 3.44. The van der Waals surface area contributed by atoms with E-state index in [0.29, 0.717) is 16.6 Å². The van der Waals surface area contributed by atoms with E-state index in [1.807, 2.05) is 25.1 Å². The number of carbonyl (C=O) groups excluding carboxylic acids is 2. The van der Waals surface area contributed by atoms with Crippen LogP contribution < -0.4 is 10.1 Å². The summed E-state index contributed by atoms with van der Waals surface area (Å²) in [5.74, 6) is 0.428. The van der Waals surface area contributed by atoms with E-state index in [1.54, 1.807) is 38.4 Å². The number of nitrogens with zero attached hydrogens (tertiary/aromatic N) is 2. The number of hydrogen-bond acceptors (Lipinski definition) is 5. The molecular formula is C20H22N4O3S. The number of thioether (sulfide) groups is 1. The smallest absolute Gasteiger partial charge is 0.243 e. The number of fused-ring (bicyclic) bond motifs is 1. The molecule has 1 aromatic heterocycles. The molecule has 0 bridgehead atoms. The van der Waals surface area contributed by atoms with Gasteiger partial charge in [0.05, 0.1) is 30.4 Å². The van der Waals surface area contributed by atoms with Gasteiger partial charge in [-0.05, 0) is 36.8 Å². The van der Waals surface area contributed by atoms with Crippen LogP contribution in [0.1, 0.15) is 5.56 Å². The molecular weight excluding hydrogens is 376 g/mol. The van der Waals surface area contributed by atoms with Gasteiger partial charge in [0.1, 0.15) is 5.75 Å². The molecule has 0 aliphatic rings. The molecule has 8 heteroatoms. The zero-order valence-corrected chi connectivity index (χ0v) is 16.8. The Bertz CT molecular complexity index is 1000. The number of nitrogens with one attached hydrogen (secondary N) is 2. The predicted molar refractivity (Wildman–Crippen MR) is 111 cm³/mol. The Balaban J connectivity index is 1.51. The van der Waals surface area contributed by atoms with Crippen molar-refractivity contribution in [2.24, 2.45) is 0 Å². The van der Waals surface area contributed by atoms with Gasteiger partial charge in [0.15, 0.2) is 5.16 Å². The Labute approximate surface area is 167 Å². The number of hydrogen-bond donors (Lipinski definition) is 2. The first-order chi connectivity index (χ1) is 13.4. The molecule has 0 aliphatic heterocycles. The first-order valence-electron chi connectivity index (χ1n) is 8.71. The lowest BCUT2D eigenvalue weighted by molar-refractivity contribution is -0.131. The second kappa shape index (κ2) is 8.79. The average Bonchev–Trinajstić information content (AvgIpc) is 3.08. The third-order valence-electron chi connectivity index (χ3n) is 4.11. The van der Waals surface area contributed by atoms with Crippen LogP contribution in [0.4, 0.5) is 5.69 Å². The van der Waals surface area contributed by atoms with E-state index in [4.69, 9.17) is 4.74 Å². The molecule has 0 radical (unpaired) electrons. The van der Waals surface area contributed by atoms with Gasteiger partial charge in [-0.25, -0.2) is 4.98 Å². The number of ether oxygens (including phenoxy) is 1. The van der Waals surface area contributed by atoms with Crippen LogP contribution >= 0.6 is 11.8 Å². The van der Waals surface area contributed by atoms with Gasteiger partial charge >= 0.3 is 0 Å². The van der Waals surface area contributed by atoms with Crippen LogP contribution in [0.5, 0.6) is 5.75 Å². The summed E-state index contributed by atoms with van der Waals surface area (Å²) in [7, 11) is 3.17. The number of carbonyl (C=O) groups is 2. The first-order valence-corrected chi connectivity index (χ1v) is 9.70. The van der Waals surface area contributed by atoms with Crippen molar-refractivity contribution >= 4 is 40.3 Å². The number of H-pyrrole nitrogens is 1. The minimum Gasteiger partial charge on any atom is -0.497 e. The van der Waals surface area contributed by atoms with Crippen molar-refractivity contribution < 1.29 is 14.3 Å². The van der Waals surface area contributed by atoms with Gasteiger partial charge in [-0.2, -0.15) is 0 Å². The number of methoxy groups -OCH3 is 1. The molecule has 3 rings (SSSR count). The first kappa shape index (κ1) is 19.8. The van der Waals surface area contributed by atoms with Crippen LogP contribution in [0.15, 0.2) is 47.6 Å². The quantitative estimate of drug-likeness (QED) is 0.597. The lowest BCUT2D eigenvalue weighted by atomic mass is 10.2. The number of likely N-dealkylation sites (N-methyl/N-ethyl adjacent to an activating group) is 1. The molecule has 7 nitrogen and oxygen atoms in total. The lowest BCUT2D eigenvalue weighted by Crippen LogP contribution is -2.35. The number of rotatable bonds is 7. The molecule has 28 heavy (non-hydrogen) atoms. The van der Waals surface area contributed by atoms with E-state index in [0.717, 1.165) is 16.6 Å². The normalized spacial score (nSPS) is 10.7. The van der Waals surface area contributed by atoms with Crippen LogP contribution in [-0.2, 0) is 9.59 Å². The fourth-order valence-electron chi connectivity index (χ4n) is 2.61. The van der Waals surface area contributed by atoms with Crippen LogP contribution in [0.2, 0.25) is 0 Å². The number of aromatic amines is 1. The highest BCUT2D eigenvalue weighted by atomic mass is 32.2. The molecule has 2 amide bonds. The van der Waals surface area contributed by atoms with E-state index in [1.165, 1.54) is 16.7 Å². The Hall–Kier alpha value is -3.00. The van der Waals surface area contributed by atoms with Crippen molar-refractivity contribution in [2.75, 3.05) is 31.8 Å². The lowest BCUT2D eigenvalue weighted by Gasteiger charge is -2.16. The molecule has 0 saturated heterocycles. The second-order valence-corrected chi connectivity index (χ2v) is 7.35. The van der Waals surface area contributed by atoms with E-state index < -0.39 is 0 Å². The summed E-state index contributed by atoms with van der Waals surface area (Å²) < 4.78 is 5.13. The highest BCUT2D eigenvalue weighted by molar-refractivity contribution is 7.99. The number of aromatic nitrogens is 2. The monoisotopic (exact) mass is 398 g/mol. The van der Waals surface area contributed by atoms with Crippen molar-refractivity contribution in [1.29, 1.82) is 0 Å². The van der Waals surface area contributed by atoms with Crippen molar-refractivity contribution in [3.05, 3.63) is 48.0 Å². The summed E-state index contributed by atoms with van der Waals surface area (Å²) in [5.41, 5.74) is 3.58. The van der Waals surface area contributed by atoms with E-state index >= 15 is 0 Å². The Morgan fingerprint density at radius 3 is 2.86 bits per heavy atom. The van der Waals surface area contributed by atoms with Crippen LogP contribution in [0.3, 0.4) is 0 Å². The largest absolute Gasteiger partial charge is 0.497 e. The minimum absolute atomic E-state index is 0.0318. The summed E-state index contributed by atoms with van der Waals surface area (Å²) in [6, 6.07) is 13.0. The third-order valence-corrected chi connectivity index (χ3v) is 4.97. The number of amides is 2. The third kappa shape index (κ3) is 5.04. The van der Waals surface area contributed by atoms with Gasteiger partial charge in [0, 0.05) is 18.8 Å². The molecule has 0 aliphatic carbocycles. The fraction of sp³-hybridized carbons (Fsp3) is 0.250. The molecule has 3 aromatic rings. The van der Waals surface area contributed by atoms with Gasteiger partial charge in [-0.1, -0.05) is 23.9 Å². The SMILES string of the molecule is COc1cccc(NC(=O)CN(C)C(=O)CSc2nc3ccc(C)cc3[nH]2)c1. The zero-order chi connectivity index (χ0) is 20.1. The number of benzene rings is 2. The molecule has 2 N–H and O–H groups in total. The highest BCUT2D eigenvalue weighted by Crippen LogP contribution is 2.20. The Kier molecular flexibility index (Phi) is 6.20. The maximum Gasteiger partial charge on any atom is 0.243 e. The minimum atomic E-state index is -0.270. The number of anilines is 1. The van der Waals surface area contributed by atoms with Gasteiger partial charge < -0.3 is 19.9 Å². The van der Waals surface area contributed by atoms with Gasteiger partial charge in [-0.15, -0.1) is 0 Å². The van der Waals surface area contributed by atoms with Crippen LogP contribution in [0.25, 0.3) is 11.0 Å². The summed E-state index contributed by atoms with van der Waals surface area (Å²) in [6.45, 7) is 1.98. The molecule has 2 aromatic carbocycles. The molecule has 146 valence electrons. The summed E-state index contributed by atoms with van der Waals surface area (Å²) in [4.78, 5) is 33.6. The molecule has 0 saturated carbocycles. The van der Waals surface area contributed by atoms with Gasteiger partial charge in [-0.3, -0.25) is 9.59 Å². The molecule has 0 spiro atoms. The maximum absolute atomic E-state index is 12.3. The second-order valence-electron chi connectivity index (χ2n) is 6.38. The zero-order valence-electron chi connectivity index (χ0n) is 16.0. The predicted octanol–water partition coefficient (Wildman–Crippen LogP) is 3.07.